The SMILES string of the molecule is Nc1ccnn1C(=O)NC1(c2ccccc2F)CCC1. The van der Waals surface area contributed by atoms with Crippen LogP contribution in [0.3, 0.4) is 0 Å². The molecule has 0 aliphatic heterocycles. The molecule has 1 amide bonds. The smallest absolute Gasteiger partial charge is 0.344 e. The van der Waals surface area contributed by atoms with Gasteiger partial charge in [-0.3, -0.25) is 0 Å². The maximum absolute atomic E-state index is 14.0. The largest absolute Gasteiger partial charge is 0.383 e. The van der Waals surface area contributed by atoms with Crippen molar-refractivity contribution in [1.82, 2.24) is 15.1 Å². The number of carbonyl (C=O) groups excluding carboxylic acids is 1. The molecule has 1 saturated carbocycles. The van der Waals surface area contributed by atoms with E-state index in [1.54, 1.807) is 18.2 Å². The van der Waals surface area contributed by atoms with Crippen LogP contribution in [0.5, 0.6) is 0 Å². The van der Waals surface area contributed by atoms with Crippen LogP contribution in [0.15, 0.2) is 36.5 Å². The summed E-state index contributed by atoms with van der Waals surface area (Å²) in [4.78, 5) is 12.2. The van der Waals surface area contributed by atoms with Crippen molar-refractivity contribution in [2.45, 2.75) is 24.8 Å². The first-order valence-corrected chi connectivity index (χ1v) is 6.49. The number of nitrogens with two attached hydrogens (primary N) is 1. The van der Waals surface area contributed by atoms with Crippen LogP contribution in [0.4, 0.5) is 15.0 Å². The molecule has 0 bridgehead atoms. The van der Waals surface area contributed by atoms with Crippen LogP contribution in [-0.2, 0) is 5.54 Å². The highest BCUT2D eigenvalue weighted by molar-refractivity contribution is 5.80. The molecular weight excluding hydrogens is 259 g/mol. The monoisotopic (exact) mass is 274 g/mol. The summed E-state index contributed by atoms with van der Waals surface area (Å²) in [5.41, 5.74) is 5.52. The minimum atomic E-state index is -0.652. The molecule has 104 valence electrons. The van der Waals surface area contributed by atoms with E-state index in [-0.39, 0.29) is 11.6 Å². The topological polar surface area (TPSA) is 72.9 Å². The van der Waals surface area contributed by atoms with Gasteiger partial charge in [0.15, 0.2) is 0 Å². The standard InChI is InChI=1S/C14H15FN4O/c15-11-5-2-1-4-10(11)14(7-3-8-14)18-13(20)19-12(16)6-9-17-19/h1-2,4-6,9H,3,7-8,16H2,(H,18,20). The van der Waals surface area contributed by atoms with E-state index in [0.717, 1.165) is 11.1 Å². The molecule has 3 rings (SSSR count). The lowest BCUT2D eigenvalue weighted by Gasteiger charge is -2.42. The molecule has 1 heterocycles. The van der Waals surface area contributed by atoms with Gasteiger partial charge in [-0.05, 0) is 25.3 Å². The van der Waals surface area contributed by atoms with E-state index >= 15 is 0 Å². The Kier molecular flexibility index (Phi) is 2.93. The van der Waals surface area contributed by atoms with E-state index < -0.39 is 11.6 Å². The fourth-order valence-corrected chi connectivity index (χ4v) is 2.58. The number of nitrogen functional groups attached to an aromatic ring is 1. The fraction of sp³-hybridized carbons (Fsp3) is 0.286. The molecule has 1 aliphatic rings. The number of nitrogens with zero attached hydrogens (tertiary/aromatic N) is 2. The van der Waals surface area contributed by atoms with Crippen LogP contribution in [0, 0.1) is 5.82 Å². The number of rotatable bonds is 2. The summed E-state index contributed by atoms with van der Waals surface area (Å²) in [6.45, 7) is 0. The van der Waals surface area contributed by atoms with Gasteiger partial charge in [-0.15, -0.1) is 0 Å². The van der Waals surface area contributed by atoms with Crippen LogP contribution < -0.4 is 11.1 Å². The Morgan fingerprint density at radius 2 is 2.10 bits per heavy atom. The summed E-state index contributed by atoms with van der Waals surface area (Å²) in [5, 5.41) is 6.73. The molecule has 0 unspecified atom stereocenters. The second kappa shape index (κ2) is 4.63. The van der Waals surface area contributed by atoms with E-state index in [1.165, 1.54) is 18.3 Å². The summed E-state index contributed by atoms with van der Waals surface area (Å²) < 4.78 is 15.1. The molecule has 0 saturated heterocycles. The van der Waals surface area contributed by atoms with E-state index in [4.69, 9.17) is 5.73 Å². The Hall–Kier alpha value is -2.37. The Morgan fingerprint density at radius 1 is 1.35 bits per heavy atom. The van der Waals surface area contributed by atoms with Gasteiger partial charge in [-0.2, -0.15) is 9.78 Å². The third-order valence-electron chi connectivity index (χ3n) is 3.81. The first-order chi connectivity index (χ1) is 9.62. The number of amides is 1. The average Bonchev–Trinajstić information content (AvgIpc) is 2.81. The average molecular weight is 274 g/mol. The number of halogens is 1. The zero-order valence-corrected chi connectivity index (χ0v) is 10.8. The van der Waals surface area contributed by atoms with E-state index in [0.29, 0.717) is 18.4 Å². The molecule has 6 heteroatoms. The number of hydrogen-bond donors (Lipinski definition) is 2. The first kappa shape index (κ1) is 12.7. The van der Waals surface area contributed by atoms with Crippen molar-refractivity contribution < 1.29 is 9.18 Å². The van der Waals surface area contributed by atoms with Crippen LogP contribution in [0.25, 0.3) is 0 Å². The lowest BCUT2D eigenvalue weighted by atomic mass is 9.71. The minimum Gasteiger partial charge on any atom is -0.383 e. The molecule has 20 heavy (non-hydrogen) atoms. The Morgan fingerprint density at radius 3 is 2.65 bits per heavy atom. The molecule has 3 N–H and O–H groups in total. The fourth-order valence-electron chi connectivity index (χ4n) is 2.58. The molecule has 1 aromatic heterocycles. The van der Waals surface area contributed by atoms with Gasteiger partial charge in [-0.1, -0.05) is 18.2 Å². The highest BCUT2D eigenvalue weighted by Gasteiger charge is 2.42. The molecule has 1 aromatic carbocycles. The third-order valence-corrected chi connectivity index (χ3v) is 3.81. The van der Waals surface area contributed by atoms with Gasteiger partial charge in [-0.25, -0.2) is 9.18 Å². The predicted octanol–water partition coefficient (Wildman–Crippen LogP) is 2.24. The number of anilines is 1. The van der Waals surface area contributed by atoms with Crippen molar-refractivity contribution in [3.63, 3.8) is 0 Å². The Balaban J connectivity index is 1.90. The number of aromatic nitrogens is 2. The number of nitrogens with one attached hydrogen (secondary N) is 1. The van der Waals surface area contributed by atoms with Crippen molar-refractivity contribution in [2.24, 2.45) is 0 Å². The van der Waals surface area contributed by atoms with E-state index in [2.05, 4.69) is 10.4 Å². The van der Waals surface area contributed by atoms with Crippen LogP contribution in [-0.4, -0.2) is 15.8 Å². The molecule has 0 radical (unpaired) electrons. The maximum atomic E-state index is 14.0. The molecule has 0 spiro atoms. The Labute approximate surface area is 115 Å². The second-order valence-corrected chi connectivity index (χ2v) is 5.01. The summed E-state index contributed by atoms with van der Waals surface area (Å²) in [7, 11) is 0. The van der Waals surface area contributed by atoms with Crippen molar-refractivity contribution in [3.05, 3.63) is 47.9 Å². The molecule has 2 aromatic rings. The van der Waals surface area contributed by atoms with Crippen LogP contribution >= 0.6 is 0 Å². The van der Waals surface area contributed by atoms with Gasteiger partial charge < -0.3 is 11.1 Å². The van der Waals surface area contributed by atoms with E-state index in [1.807, 2.05) is 0 Å². The lowest BCUT2D eigenvalue weighted by molar-refractivity contribution is 0.173. The summed E-state index contributed by atoms with van der Waals surface area (Å²) in [6, 6.07) is 7.63. The zero-order valence-electron chi connectivity index (χ0n) is 10.8. The number of hydrogen-bond acceptors (Lipinski definition) is 3. The third kappa shape index (κ3) is 1.93. The highest BCUT2D eigenvalue weighted by Crippen LogP contribution is 2.42. The summed E-state index contributed by atoms with van der Waals surface area (Å²) >= 11 is 0. The van der Waals surface area contributed by atoms with Crippen LogP contribution in [0.2, 0.25) is 0 Å². The summed E-state index contributed by atoms with van der Waals surface area (Å²) in [5.74, 6) is -0.0496. The molecular formula is C14H15FN4O. The quantitative estimate of drug-likeness (QED) is 0.882. The Bertz CT molecular complexity index is 648. The van der Waals surface area contributed by atoms with Crippen molar-refractivity contribution in [3.8, 4) is 0 Å². The minimum absolute atomic E-state index is 0.255. The van der Waals surface area contributed by atoms with E-state index in [9.17, 15) is 9.18 Å². The first-order valence-electron chi connectivity index (χ1n) is 6.49. The van der Waals surface area contributed by atoms with Gasteiger partial charge in [0.2, 0.25) is 0 Å². The highest BCUT2D eigenvalue weighted by atomic mass is 19.1. The second-order valence-electron chi connectivity index (χ2n) is 5.01. The summed E-state index contributed by atoms with van der Waals surface area (Å²) in [6.07, 6.45) is 3.82. The lowest BCUT2D eigenvalue weighted by Crippen LogP contribution is -2.52. The molecule has 0 atom stereocenters. The maximum Gasteiger partial charge on any atom is 0.344 e. The van der Waals surface area contributed by atoms with Crippen molar-refractivity contribution in [1.29, 1.82) is 0 Å². The van der Waals surface area contributed by atoms with Gasteiger partial charge in [0.1, 0.15) is 11.6 Å². The van der Waals surface area contributed by atoms with Crippen molar-refractivity contribution >= 4 is 11.8 Å². The number of benzene rings is 1. The normalized spacial score (nSPS) is 16.4. The van der Waals surface area contributed by atoms with Gasteiger partial charge in [0.05, 0.1) is 11.7 Å². The van der Waals surface area contributed by atoms with Crippen molar-refractivity contribution in [2.75, 3.05) is 5.73 Å². The molecule has 5 nitrogen and oxygen atoms in total. The van der Waals surface area contributed by atoms with Crippen LogP contribution in [0.1, 0.15) is 24.8 Å². The van der Waals surface area contributed by atoms with Gasteiger partial charge in [0.25, 0.3) is 0 Å². The van der Waals surface area contributed by atoms with Gasteiger partial charge >= 0.3 is 6.03 Å². The predicted molar refractivity (Wildman–Crippen MR) is 72.5 cm³/mol. The zero-order chi connectivity index (χ0) is 14.2. The number of carbonyl (C=O) groups is 1. The molecule has 1 fully saturated rings. The van der Waals surface area contributed by atoms with Gasteiger partial charge in [0, 0.05) is 11.6 Å². The molecule has 1 aliphatic carbocycles.